The molecule has 3 rings (SSSR count). The zero-order valence-electron chi connectivity index (χ0n) is 17.9. The third-order valence-electron chi connectivity index (χ3n) is 6.13. The van der Waals surface area contributed by atoms with Gasteiger partial charge in [0.25, 0.3) is 0 Å². The highest BCUT2D eigenvalue weighted by atomic mass is 35.5. The summed E-state index contributed by atoms with van der Waals surface area (Å²) in [6, 6.07) is 4.12. The highest BCUT2D eigenvalue weighted by Crippen LogP contribution is 2.41. The molecule has 1 aromatic heterocycles. The van der Waals surface area contributed by atoms with Crippen LogP contribution in [0, 0.1) is 5.41 Å². The number of rotatable bonds is 9. The molecule has 6 nitrogen and oxygen atoms in total. The van der Waals surface area contributed by atoms with Crippen LogP contribution in [0.1, 0.15) is 52.4 Å². The highest BCUT2D eigenvalue weighted by molar-refractivity contribution is 6.32. The maximum Gasteiger partial charge on any atom is 0.191 e. The van der Waals surface area contributed by atoms with Gasteiger partial charge in [0, 0.05) is 51.6 Å². The molecule has 0 spiro atoms. The van der Waals surface area contributed by atoms with Crippen LogP contribution in [0.3, 0.4) is 0 Å². The molecule has 1 saturated carbocycles. The smallest absolute Gasteiger partial charge is 0.191 e. The summed E-state index contributed by atoms with van der Waals surface area (Å²) >= 11 is 6.33. The van der Waals surface area contributed by atoms with E-state index in [1.54, 1.807) is 6.20 Å². The van der Waals surface area contributed by atoms with Crippen molar-refractivity contribution in [3.8, 4) is 0 Å². The Morgan fingerprint density at radius 3 is 2.93 bits per heavy atom. The molecule has 0 bridgehead atoms. The van der Waals surface area contributed by atoms with Gasteiger partial charge >= 0.3 is 0 Å². The maximum atomic E-state index is 6.33. The number of hydrogen-bond donors (Lipinski definition) is 2. The topological polar surface area (TPSA) is 61.8 Å². The number of anilines is 1. The van der Waals surface area contributed by atoms with Gasteiger partial charge in [0.05, 0.1) is 5.02 Å². The first-order valence-electron chi connectivity index (χ1n) is 11.1. The average molecular weight is 422 g/mol. The van der Waals surface area contributed by atoms with Crippen LogP contribution in [0.25, 0.3) is 0 Å². The molecule has 1 atom stereocenters. The van der Waals surface area contributed by atoms with Gasteiger partial charge in [-0.1, -0.05) is 24.4 Å². The fourth-order valence-electron chi connectivity index (χ4n) is 4.49. The fourth-order valence-corrected chi connectivity index (χ4v) is 4.73. The molecule has 0 amide bonds. The highest BCUT2D eigenvalue weighted by Gasteiger charge is 2.33. The van der Waals surface area contributed by atoms with Crippen LogP contribution in [-0.2, 0) is 4.74 Å². The zero-order chi connectivity index (χ0) is 20.5. The first kappa shape index (κ1) is 22.2. The molecule has 29 heavy (non-hydrogen) atoms. The molecule has 2 heterocycles. The van der Waals surface area contributed by atoms with Crippen LogP contribution in [0.2, 0.25) is 5.02 Å². The van der Waals surface area contributed by atoms with Crippen LogP contribution >= 0.6 is 11.6 Å². The summed E-state index contributed by atoms with van der Waals surface area (Å²) in [4.78, 5) is 11.7. The number of ether oxygens (including phenoxy) is 1. The van der Waals surface area contributed by atoms with Crippen molar-refractivity contribution in [3.05, 3.63) is 23.4 Å². The van der Waals surface area contributed by atoms with Gasteiger partial charge in [-0.25, -0.2) is 4.98 Å². The number of halogens is 1. The van der Waals surface area contributed by atoms with E-state index in [1.165, 1.54) is 25.7 Å². The molecule has 7 heteroatoms. The minimum absolute atomic E-state index is 0.306. The van der Waals surface area contributed by atoms with Gasteiger partial charge in [0.2, 0.25) is 0 Å². The van der Waals surface area contributed by atoms with Crippen molar-refractivity contribution in [3.63, 3.8) is 0 Å². The van der Waals surface area contributed by atoms with Crippen molar-refractivity contribution in [2.24, 2.45) is 10.4 Å². The summed E-state index contributed by atoms with van der Waals surface area (Å²) < 4.78 is 5.64. The normalized spacial score (nSPS) is 21.6. The Hall–Kier alpha value is -1.53. The molecule has 1 saturated heterocycles. The molecule has 0 aromatic carbocycles. The lowest BCUT2D eigenvalue weighted by Gasteiger charge is -2.28. The molecule has 162 valence electrons. The number of pyridine rings is 1. The monoisotopic (exact) mass is 421 g/mol. The zero-order valence-corrected chi connectivity index (χ0v) is 18.7. The van der Waals surface area contributed by atoms with E-state index in [1.807, 2.05) is 12.1 Å². The first-order valence-corrected chi connectivity index (χ1v) is 11.5. The Balaban J connectivity index is 1.58. The van der Waals surface area contributed by atoms with Crippen LogP contribution in [0.4, 0.5) is 5.82 Å². The van der Waals surface area contributed by atoms with E-state index in [-0.39, 0.29) is 0 Å². The fraction of sp³-hybridized carbons (Fsp3) is 0.727. The summed E-state index contributed by atoms with van der Waals surface area (Å²) in [6.45, 7) is 9.39. The van der Waals surface area contributed by atoms with Gasteiger partial charge in [-0.3, -0.25) is 4.99 Å². The van der Waals surface area contributed by atoms with Gasteiger partial charge in [-0.05, 0) is 57.1 Å². The van der Waals surface area contributed by atoms with Crippen molar-refractivity contribution in [2.45, 2.75) is 58.4 Å². The molecular weight excluding hydrogens is 386 g/mol. The number of nitrogens with zero attached hydrogens (tertiary/aromatic N) is 3. The number of aromatic nitrogens is 1. The lowest BCUT2D eigenvalue weighted by molar-refractivity contribution is 0.107. The lowest BCUT2D eigenvalue weighted by atomic mass is 9.83. The molecule has 0 radical (unpaired) electrons. The van der Waals surface area contributed by atoms with Crippen molar-refractivity contribution in [1.82, 2.24) is 15.6 Å². The maximum absolute atomic E-state index is 6.33. The Kier molecular flexibility index (Phi) is 8.42. The summed E-state index contributed by atoms with van der Waals surface area (Å²) in [6.07, 6.45) is 9.11. The van der Waals surface area contributed by atoms with Crippen molar-refractivity contribution in [1.29, 1.82) is 0 Å². The number of nitrogens with one attached hydrogen (secondary N) is 2. The van der Waals surface area contributed by atoms with Crippen molar-refractivity contribution >= 4 is 23.4 Å². The first-order chi connectivity index (χ1) is 14.2. The summed E-state index contributed by atoms with van der Waals surface area (Å²) in [7, 11) is 0. The van der Waals surface area contributed by atoms with Crippen molar-refractivity contribution in [2.75, 3.05) is 44.3 Å². The van der Waals surface area contributed by atoms with E-state index in [0.29, 0.717) is 16.5 Å². The van der Waals surface area contributed by atoms with Crippen LogP contribution in [0.5, 0.6) is 0 Å². The minimum atomic E-state index is 0.306. The standard InChI is InChI=1S/C22H36ClN5O/c1-3-24-21(26-17-22(10-5-6-11-22)12-15-29-4-2)27-18-9-14-28(16-18)20-19(23)8-7-13-25-20/h7-8,13,18H,3-6,9-12,14-17H2,1-2H3,(H2,24,26,27). The van der Waals surface area contributed by atoms with E-state index in [9.17, 15) is 0 Å². The summed E-state index contributed by atoms with van der Waals surface area (Å²) in [5.74, 6) is 1.80. The Morgan fingerprint density at radius 2 is 2.21 bits per heavy atom. The molecule has 2 aliphatic rings. The van der Waals surface area contributed by atoms with Gasteiger partial charge < -0.3 is 20.3 Å². The second-order valence-electron chi connectivity index (χ2n) is 8.23. The van der Waals surface area contributed by atoms with E-state index in [4.69, 9.17) is 21.3 Å². The van der Waals surface area contributed by atoms with E-state index < -0.39 is 0 Å². The third kappa shape index (κ3) is 6.22. The number of hydrogen-bond acceptors (Lipinski definition) is 4. The predicted molar refractivity (Wildman–Crippen MR) is 121 cm³/mol. The molecule has 1 aromatic rings. The Labute approximate surface area is 180 Å². The van der Waals surface area contributed by atoms with E-state index >= 15 is 0 Å². The number of aliphatic imine (C=N–C) groups is 1. The van der Waals surface area contributed by atoms with Crippen LogP contribution in [-0.4, -0.2) is 56.4 Å². The third-order valence-corrected chi connectivity index (χ3v) is 6.42. The van der Waals surface area contributed by atoms with E-state index in [0.717, 1.165) is 64.0 Å². The predicted octanol–water partition coefficient (Wildman–Crippen LogP) is 3.86. The summed E-state index contributed by atoms with van der Waals surface area (Å²) in [5.41, 5.74) is 0.306. The number of guanidine groups is 1. The molecule has 2 fully saturated rings. The molecule has 1 aliphatic heterocycles. The van der Waals surface area contributed by atoms with Gasteiger partial charge in [-0.2, -0.15) is 0 Å². The average Bonchev–Trinajstić information content (AvgIpc) is 3.37. The largest absolute Gasteiger partial charge is 0.382 e. The Bertz CT molecular complexity index is 662. The summed E-state index contributed by atoms with van der Waals surface area (Å²) in [5, 5.41) is 7.79. The van der Waals surface area contributed by atoms with Gasteiger partial charge in [0.15, 0.2) is 5.96 Å². The minimum Gasteiger partial charge on any atom is -0.382 e. The molecule has 1 unspecified atom stereocenters. The quantitative estimate of drug-likeness (QED) is 0.360. The van der Waals surface area contributed by atoms with Crippen molar-refractivity contribution < 1.29 is 4.74 Å². The SMILES string of the molecule is CCNC(=NCC1(CCOCC)CCCC1)NC1CCN(c2ncccc2Cl)C1. The Morgan fingerprint density at radius 1 is 1.38 bits per heavy atom. The van der Waals surface area contributed by atoms with Gasteiger partial charge in [-0.15, -0.1) is 0 Å². The van der Waals surface area contributed by atoms with E-state index in [2.05, 4.69) is 34.4 Å². The lowest BCUT2D eigenvalue weighted by Crippen LogP contribution is -2.45. The second kappa shape index (κ2) is 11.0. The van der Waals surface area contributed by atoms with Crippen LogP contribution < -0.4 is 15.5 Å². The molecule has 1 aliphatic carbocycles. The van der Waals surface area contributed by atoms with Crippen LogP contribution in [0.15, 0.2) is 23.3 Å². The molecular formula is C22H36ClN5O. The molecule has 2 N–H and O–H groups in total. The van der Waals surface area contributed by atoms with Gasteiger partial charge in [0.1, 0.15) is 5.82 Å². The second-order valence-corrected chi connectivity index (χ2v) is 8.64.